The first-order valence-electron chi connectivity index (χ1n) is 7.51. The van der Waals surface area contributed by atoms with Gasteiger partial charge in [-0.2, -0.15) is 4.99 Å². The Hall–Kier alpha value is -3.20. The van der Waals surface area contributed by atoms with E-state index in [9.17, 15) is 14.9 Å². The molecule has 9 heteroatoms. The van der Waals surface area contributed by atoms with E-state index in [2.05, 4.69) is 4.99 Å². The first-order valence-corrected chi connectivity index (χ1v) is 8.32. The van der Waals surface area contributed by atoms with Crippen molar-refractivity contribution in [3.63, 3.8) is 0 Å². The van der Waals surface area contributed by atoms with Gasteiger partial charge < -0.3 is 14.0 Å². The summed E-state index contributed by atoms with van der Waals surface area (Å²) in [6.07, 6.45) is 0. The Bertz CT molecular complexity index is 1080. The number of nitrogens with zero attached hydrogens (tertiary/aromatic N) is 3. The molecule has 0 aliphatic carbocycles. The number of rotatable bonds is 4. The molecule has 8 nitrogen and oxygen atoms in total. The molecule has 0 aliphatic rings. The molecule has 0 unspecified atom stereocenters. The van der Waals surface area contributed by atoms with E-state index in [0.717, 1.165) is 10.2 Å². The second kappa shape index (κ2) is 6.96. The number of aryl methyl sites for hydroxylation is 1. The van der Waals surface area contributed by atoms with Crippen molar-refractivity contribution in [1.82, 2.24) is 4.57 Å². The third kappa shape index (κ3) is 2.93. The van der Waals surface area contributed by atoms with E-state index in [4.69, 9.17) is 9.47 Å². The normalized spacial score (nSPS) is 11.6. The van der Waals surface area contributed by atoms with E-state index in [-0.39, 0.29) is 11.3 Å². The second-order valence-electron chi connectivity index (χ2n) is 5.28. The van der Waals surface area contributed by atoms with Crippen molar-refractivity contribution in [3.05, 3.63) is 56.9 Å². The number of ether oxygens (including phenoxy) is 2. The zero-order chi connectivity index (χ0) is 18.8. The van der Waals surface area contributed by atoms with E-state index in [1.165, 1.54) is 29.5 Å². The molecule has 0 atom stereocenters. The minimum atomic E-state index is -0.683. The van der Waals surface area contributed by atoms with Crippen molar-refractivity contribution in [2.24, 2.45) is 12.0 Å². The first kappa shape index (κ1) is 17.6. The molecule has 3 aromatic rings. The Morgan fingerprint density at radius 3 is 2.46 bits per heavy atom. The van der Waals surface area contributed by atoms with Crippen LogP contribution in [0.1, 0.15) is 10.4 Å². The third-order valence-corrected chi connectivity index (χ3v) is 4.99. The lowest BCUT2D eigenvalue weighted by molar-refractivity contribution is -0.385. The maximum absolute atomic E-state index is 12.5. The Balaban J connectivity index is 2.21. The van der Waals surface area contributed by atoms with E-state index in [1.807, 2.05) is 0 Å². The van der Waals surface area contributed by atoms with Crippen molar-refractivity contribution in [3.8, 4) is 11.5 Å². The highest BCUT2D eigenvalue weighted by atomic mass is 32.1. The summed E-state index contributed by atoms with van der Waals surface area (Å²) in [4.78, 5) is 27.5. The molecule has 1 heterocycles. The predicted octanol–water partition coefficient (Wildman–Crippen LogP) is 2.91. The van der Waals surface area contributed by atoms with E-state index >= 15 is 0 Å². The molecule has 3 rings (SSSR count). The summed E-state index contributed by atoms with van der Waals surface area (Å²) in [6.45, 7) is 0. The molecule has 2 aromatic carbocycles. The molecule has 26 heavy (non-hydrogen) atoms. The van der Waals surface area contributed by atoms with Gasteiger partial charge >= 0.3 is 0 Å². The highest BCUT2D eigenvalue weighted by Gasteiger charge is 2.20. The molecule has 0 radical (unpaired) electrons. The number of thiazole rings is 1. The predicted molar refractivity (Wildman–Crippen MR) is 96.9 cm³/mol. The Labute approximate surface area is 152 Å². The number of nitro groups is 1. The average Bonchev–Trinajstić information content (AvgIpc) is 2.97. The minimum absolute atomic E-state index is 0.0612. The quantitative estimate of drug-likeness (QED) is 0.517. The van der Waals surface area contributed by atoms with Gasteiger partial charge in [0, 0.05) is 13.1 Å². The summed E-state index contributed by atoms with van der Waals surface area (Å²) in [7, 11) is 4.84. The Morgan fingerprint density at radius 2 is 1.81 bits per heavy atom. The van der Waals surface area contributed by atoms with Crippen LogP contribution in [0.2, 0.25) is 0 Å². The lowest BCUT2D eigenvalue weighted by Gasteiger charge is -2.06. The van der Waals surface area contributed by atoms with Gasteiger partial charge in [-0.1, -0.05) is 23.5 Å². The number of carbonyl (C=O) groups is 1. The zero-order valence-corrected chi connectivity index (χ0v) is 15.1. The largest absolute Gasteiger partial charge is 0.495 e. The molecule has 1 amide bonds. The number of para-hydroxylation sites is 1. The van der Waals surface area contributed by atoms with Gasteiger partial charge in [0.25, 0.3) is 11.6 Å². The van der Waals surface area contributed by atoms with Crippen molar-refractivity contribution in [1.29, 1.82) is 0 Å². The number of hydrogen-bond acceptors (Lipinski definition) is 6. The van der Waals surface area contributed by atoms with Gasteiger partial charge in [-0.25, -0.2) is 0 Å². The number of fused-ring (bicyclic) bond motifs is 1. The fourth-order valence-electron chi connectivity index (χ4n) is 2.59. The first-order chi connectivity index (χ1) is 12.5. The summed E-state index contributed by atoms with van der Waals surface area (Å²) >= 11 is 1.24. The average molecular weight is 373 g/mol. The number of carbonyl (C=O) groups excluding carboxylic acids is 1. The van der Waals surface area contributed by atoms with Crippen molar-refractivity contribution in [2.45, 2.75) is 0 Å². The van der Waals surface area contributed by atoms with Gasteiger partial charge in [-0.15, -0.1) is 0 Å². The third-order valence-electron chi connectivity index (χ3n) is 3.84. The number of benzene rings is 2. The topological polar surface area (TPSA) is 96.0 Å². The van der Waals surface area contributed by atoms with Crippen LogP contribution in [0.3, 0.4) is 0 Å². The molecule has 0 spiro atoms. The number of amides is 1. The zero-order valence-electron chi connectivity index (χ0n) is 14.3. The summed E-state index contributed by atoms with van der Waals surface area (Å²) in [5.74, 6) is 0.553. The summed E-state index contributed by atoms with van der Waals surface area (Å²) in [6, 6.07) is 9.27. The maximum Gasteiger partial charge on any atom is 0.286 e. The fraction of sp³-hybridized carbons (Fsp3) is 0.176. The number of hydrogen-bond donors (Lipinski definition) is 0. The van der Waals surface area contributed by atoms with Crippen LogP contribution in [0.25, 0.3) is 10.2 Å². The van der Waals surface area contributed by atoms with Crippen LogP contribution in [0.5, 0.6) is 11.5 Å². The van der Waals surface area contributed by atoms with Crippen LogP contribution in [-0.4, -0.2) is 29.6 Å². The van der Waals surface area contributed by atoms with Gasteiger partial charge in [0.2, 0.25) is 0 Å². The summed E-state index contributed by atoms with van der Waals surface area (Å²) in [5.41, 5.74) is 0.389. The van der Waals surface area contributed by atoms with Gasteiger partial charge in [0.15, 0.2) is 4.80 Å². The number of aromatic nitrogens is 1. The Kier molecular flexibility index (Phi) is 4.72. The van der Waals surface area contributed by atoms with E-state index in [0.29, 0.717) is 16.3 Å². The molecule has 134 valence electrons. The standard InChI is InChI=1S/C17H15N3O5S/c1-19-14-12(24-2)8-9-13(25-3)15(14)26-17(19)18-16(21)10-6-4-5-7-11(10)20(22)23/h4-9H,1-3H3. The van der Waals surface area contributed by atoms with Gasteiger partial charge in [-0.05, 0) is 18.2 Å². The van der Waals surface area contributed by atoms with Crippen LogP contribution in [0.4, 0.5) is 5.69 Å². The molecule has 0 aliphatic heterocycles. The lowest BCUT2D eigenvalue weighted by atomic mass is 10.2. The molecule has 0 bridgehead atoms. The lowest BCUT2D eigenvalue weighted by Crippen LogP contribution is -2.14. The van der Waals surface area contributed by atoms with Crippen LogP contribution >= 0.6 is 11.3 Å². The molecule has 0 saturated carbocycles. The number of nitro benzene ring substituents is 1. The SMILES string of the molecule is COc1ccc(OC)c2c1sc(=NC(=O)c1ccccc1[N+](=O)[O-])n2C. The maximum atomic E-state index is 12.5. The molecule has 0 saturated heterocycles. The van der Waals surface area contributed by atoms with Gasteiger partial charge in [-0.3, -0.25) is 14.9 Å². The van der Waals surface area contributed by atoms with Crippen LogP contribution in [-0.2, 0) is 7.05 Å². The van der Waals surface area contributed by atoms with E-state index in [1.54, 1.807) is 44.0 Å². The van der Waals surface area contributed by atoms with E-state index < -0.39 is 10.8 Å². The van der Waals surface area contributed by atoms with Crippen LogP contribution in [0.15, 0.2) is 41.4 Å². The number of methoxy groups -OCH3 is 2. The smallest absolute Gasteiger partial charge is 0.286 e. The van der Waals surface area contributed by atoms with Gasteiger partial charge in [0.1, 0.15) is 27.3 Å². The van der Waals surface area contributed by atoms with Crippen LogP contribution < -0.4 is 14.3 Å². The second-order valence-corrected chi connectivity index (χ2v) is 6.26. The van der Waals surface area contributed by atoms with Gasteiger partial charge in [0.05, 0.1) is 19.1 Å². The van der Waals surface area contributed by atoms with Crippen LogP contribution in [0, 0.1) is 10.1 Å². The summed E-state index contributed by atoms with van der Waals surface area (Å²) in [5, 5.41) is 11.1. The molecular formula is C17H15N3O5S. The van der Waals surface area contributed by atoms with Crippen molar-refractivity contribution < 1.29 is 19.2 Å². The molecule has 0 N–H and O–H groups in total. The molecule has 0 fully saturated rings. The van der Waals surface area contributed by atoms with Crippen molar-refractivity contribution >= 4 is 33.1 Å². The molecule has 1 aromatic heterocycles. The molecular weight excluding hydrogens is 358 g/mol. The highest BCUT2D eigenvalue weighted by Crippen LogP contribution is 2.34. The summed E-state index contributed by atoms with van der Waals surface area (Å²) < 4.78 is 13.2. The van der Waals surface area contributed by atoms with Crippen molar-refractivity contribution in [2.75, 3.05) is 14.2 Å². The Morgan fingerprint density at radius 1 is 1.15 bits per heavy atom. The minimum Gasteiger partial charge on any atom is -0.495 e. The monoisotopic (exact) mass is 373 g/mol. The highest BCUT2D eigenvalue weighted by molar-refractivity contribution is 7.16. The fourth-order valence-corrected chi connectivity index (χ4v) is 3.72.